The Hall–Kier alpha value is -2.31. The minimum atomic E-state index is -0.572. The molecule has 0 aliphatic heterocycles. The summed E-state index contributed by atoms with van der Waals surface area (Å²) in [5.74, 6) is 0.214. The van der Waals surface area contributed by atoms with Gasteiger partial charge in [-0.3, -0.25) is 4.79 Å². The number of fused-ring (bicyclic) bond motifs is 1. The number of nitrogens with one attached hydrogen (secondary N) is 2. The van der Waals surface area contributed by atoms with E-state index in [0.717, 1.165) is 24.8 Å². The van der Waals surface area contributed by atoms with Crippen molar-refractivity contribution in [1.82, 2.24) is 15.0 Å². The summed E-state index contributed by atoms with van der Waals surface area (Å²) in [5, 5.41) is 0.201. The first kappa shape index (κ1) is 15.1. The lowest BCUT2D eigenvalue weighted by molar-refractivity contribution is 0.633. The van der Waals surface area contributed by atoms with Gasteiger partial charge in [-0.1, -0.05) is 32.6 Å². The van der Waals surface area contributed by atoms with Gasteiger partial charge in [0.25, 0.3) is 5.56 Å². The standard InChI is InChI=1S/C14H21N5O2/c1-2-3-4-5-6-7-8-10-9(13(20)18-11(8)15)12(16)19-14(21)17-10/h2-7H2,1H3,(H3,15,18,20)(H3,16,17,19,21). The van der Waals surface area contributed by atoms with E-state index >= 15 is 0 Å². The summed E-state index contributed by atoms with van der Waals surface area (Å²) in [7, 11) is 0. The third kappa shape index (κ3) is 3.24. The van der Waals surface area contributed by atoms with Gasteiger partial charge in [0, 0.05) is 5.56 Å². The number of nitrogens with two attached hydrogens (primary N) is 2. The quantitative estimate of drug-likeness (QED) is 0.596. The molecule has 0 aromatic carbocycles. The third-order valence-corrected chi connectivity index (χ3v) is 3.59. The largest absolute Gasteiger partial charge is 0.385 e. The van der Waals surface area contributed by atoms with Gasteiger partial charge >= 0.3 is 5.69 Å². The number of hydrogen-bond donors (Lipinski definition) is 4. The molecule has 114 valence electrons. The molecule has 0 fully saturated rings. The number of aryl methyl sites for hydroxylation is 1. The van der Waals surface area contributed by atoms with Gasteiger partial charge in [-0.2, -0.15) is 4.98 Å². The van der Waals surface area contributed by atoms with Crippen molar-refractivity contribution in [3.8, 4) is 0 Å². The maximum atomic E-state index is 11.9. The van der Waals surface area contributed by atoms with Crippen LogP contribution in [-0.2, 0) is 6.42 Å². The summed E-state index contributed by atoms with van der Waals surface area (Å²) < 4.78 is 0. The Morgan fingerprint density at radius 3 is 2.48 bits per heavy atom. The molecule has 7 nitrogen and oxygen atoms in total. The van der Waals surface area contributed by atoms with Crippen LogP contribution in [0.2, 0.25) is 0 Å². The molecule has 2 heterocycles. The summed E-state index contributed by atoms with van der Waals surface area (Å²) in [6.07, 6.45) is 6.25. The van der Waals surface area contributed by atoms with Crippen molar-refractivity contribution >= 4 is 22.5 Å². The number of anilines is 2. The monoisotopic (exact) mass is 291 g/mol. The van der Waals surface area contributed by atoms with E-state index in [9.17, 15) is 9.59 Å². The van der Waals surface area contributed by atoms with Gasteiger partial charge in [0.15, 0.2) is 0 Å². The number of rotatable bonds is 6. The second-order valence-corrected chi connectivity index (χ2v) is 5.19. The average molecular weight is 291 g/mol. The van der Waals surface area contributed by atoms with Crippen molar-refractivity contribution in [3.05, 3.63) is 26.4 Å². The van der Waals surface area contributed by atoms with E-state index in [1.165, 1.54) is 12.8 Å². The first-order valence-corrected chi connectivity index (χ1v) is 7.24. The molecule has 7 heteroatoms. The molecule has 0 radical (unpaired) electrons. The van der Waals surface area contributed by atoms with Crippen molar-refractivity contribution in [2.75, 3.05) is 11.5 Å². The minimum absolute atomic E-state index is 0.0674. The lowest BCUT2D eigenvalue weighted by Crippen LogP contribution is -2.21. The number of nitrogens with zero attached hydrogens (tertiary/aromatic N) is 1. The van der Waals surface area contributed by atoms with Gasteiger partial charge in [-0.15, -0.1) is 0 Å². The molecule has 0 aliphatic carbocycles. The molecule has 2 aromatic heterocycles. The zero-order valence-electron chi connectivity index (χ0n) is 12.2. The second-order valence-electron chi connectivity index (χ2n) is 5.19. The first-order valence-electron chi connectivity index (χ1n) is 7.24. The highest BCUT2D eigenvalue weighted by Crippen LogP contribution is 2.21. The number of aromatic nitrogens is 3. The average Bonchev–Trinajstić information content (AvgIpc) is 2.40. The number of H-pyrrole nitrogens is 2. The van der Waals surface area contributed by atoms with Crippen LogP contribution in [0.1, 0.15) is 44.6 Å². The van der Waals surface area contributed by atoms with Gasteiger partial charge in [0.2, 0.25) is 0 Å². The predicted octanol–water partition coefficient (Wildman–Crippen LogP) is 1.29. The van der Waals surface area contributed by atoms with Crippen molar-refractivity contribution in [2.24, 2.45) is 0 Å². The summed E-state index contributed by atoms with van der Waals surface area (Å²) in [5.41, 5.74) is 11.7. The van der Waals surface area contributed by atoms with E-state index in [1.807, 2.05) is 0 Å². The highest BCUT2D eigenvalue weighted by atomic mass is 16.1. The lowest BCUT2D eigenvalue weighted by Gasteiger charge is -2.10. The molecule has 2 rings (SSSR count). The molecule has 0 spiro atoms. The van der Waals surface area contributed by atoms with Crippen molar-refractivity contribution in [3.63, 3.8) is 0 Å². The fourth-order valence-electron chi connectivity index (χ4n) is 2.51. The van der Waals surface area contributed by atoms with E-state index < -0.39 is 11.2 Å². The van der Waals surface area contributed by atoms with E-state index in [0.29, 0.717) is 11.9 Å². The fraction of sp³-hybridized carbons (Fsp3) is 0.500. The number of aromatic amines is 2. The van der Waals surface area contributed by atoms with Crippen LogP contribution in [0.15, 0.2) is 9.59 Å². The fourth-order valence-corrected chi connectivity index (χ4v) is 2.51. The molecule has 0 amide bonds. The SMILES string of the molecule is CCCCCCCc1c(N)[nH]c(=O)c2c(N)nc(=O)[nH]c12. The molecule has 0 saturated carbocycles. The number of pyridine rings is 1. The van der Waals surface area contributed by atoms with Crippen molar-refractivity contribution < 1.29 is 0 Å². The molecule has 0 atom stereocenters. The minimum Gasteiger partial charge on any atom is -0.385 e. The Morgan fingerprint density at radius 2 is 1.76 bits per heavy atom. The van der Waals surface area contributed by atoms with Gasteiger partial charge in [-0.25, -0.2) is 4.79 Å². The maximum absolute atomic E-state index is 11.9. The summed E-state index contributed by atoms with van der Waals surface area (Å²) >= 11 is 0. The Morgan fingerprint density at radius 1 is 1.05 bits per heavy atom. The first-order chi connectivity index (χ1) is 10.0. The molecular formula is C14H21N5O2. The smallest absolute Gasteiger partial charge is 0.347 e. The second kappa shape index (κ2) is 6.43. The van der Waals surface area contributed by atoms with Crippen LogP contribution >= 0.6 is 0 Å². The molecule has 0 aliphatic rings. The maximum Gasteiger partial charge on any atom is 0.347 e. The van der Waals surface area contributed by atoms with Gasteiger partial charge in [-0.05, 0) is 12.8 Å². The predicted molar refractivity (Wildman–Crippen MR) is 84.3 cm³/mol. The molecule has 6 N–H and O–H groups in total. The zero-order valence-corrected chi connectivity index (χ0v) is 12.2. The third-order valence-electron chi connectivity index (χ3n) is 3.59. The number of nitrogen functional groups attached to an aromatic ring is 2. The highest BCUT2D eigenvalue weighted by Gasteiger charge is 2.14. The number of unbranched alkanes of at least 4 members (excludes halogenated alkanes) is 4. The lowest BCUT2D eigenvalue weighted by atomic mass is 10.0. The molecule has 0 unspecified atom stereocenters. The van der Waals surface area contributed by atoms with Crippen molar-refractivity contribution in [1.29, 1.82) is 0 Å². The molecular weight excluding hydrogens is 270 g/mol. The van der Waals surface area contributed by atoms with Crippen LogP contribution in [0.5, 0.6) is 0 Å². The van der Waals surface area contributed by atoms with Crippen LogP contribution in [0.25, 0.3) is 10.9 Å². The highest BCUT2D eigenvalue weighted by molar-refractivity contribution is 5.91. The Balaban J connectivity index is 2.38. The van der Waals surface area contributed by atoms with E-state index in [1.54, 1.807) is 0 Å². The zero-order chi connectivity index (χ0) is 15.4. The van der Waals surface area contributed by atoms with Crippen LogP contribution in [-0.4, -0.2) is 15.0 Å². The number of hydrogen-bond acceptors (Lipinski definition) is 5. The Kier molecular flexibility index (Phi) is 4.62. The molecule has 2 aromatic rings. The van der Waals surface area contributed by atoms with Crippen LogP contribution in [0.4, 0.5) is 11.6 Å². The molecule has 0 saturated heterocycles. The van der Waals surface area contributed by atoms with E-state index in [-0.39, 0.29) is 17.0 Å². The summed E-state index contributed by atoms with van der Waals surface area (Å²) in [4.78, 5) is 32.1. The van der Waals surface area contributed by atoms with Crippen LogP contribution in [0, 0.1) is 0 Å². The topological polar surface area (TPSA) is 131 Å². The summed E-state index contributed by atoms with van der Waals surface area (Å²) in [6, 6.07) is 0. The van der Waals surface area contributed by atoms with Crippen LogP contribution < -0.4 is 22.7 Å². The molecule has 0 bridgehead atoms. The van der Waals surface area contributed by atoms with Crippen LogP contribution in [0.3, 0.4) is 0 Å². The van der Waals surface area contributed by atoms with E-state index in [2.05, 4.69) is 21.9 Å². The van der Waals surface area contributed by atoms with E-state index in [4.69, 9.17) is 11.5 Å². The Labute approximate surface area is 121 Å². The van der Waals surface area contributed by atoms with Gasteiger partial charge in [0.05, 0.1) is 5.52 Å². The molecule has 21 heavy (non-hydrogen) atoms. The van der Waals surface area contributed by atoms with Crippen molar-refractivity contribution in [2.45, 2.75) is 45.4 Å². The Bertz CT molecular complexity index is 747. The van der Waals surface area contributed by atoms with Gasteiger partial charge < -0.3 is 21.4 Å². The normalized spacial score (nSPS) is 11.1. The summed E-state index contributed by atoms with van der Waals surface area (Å²) in [6.45, 7) is 2.16. The van der Waals surface area contributed by atoms with Gasteiger partial charge in [0.1, 0.15) is 17.0 Å².